The first-order valence-electron chi connectivity index (χ1n) is 12.5. The average Bonchev–Trinajstić information content (AvgIpc) is 2.89. The van der Waals surface area contributed by atoms with Crippen LogP contribution >= 0.6 is 0 Å². The van der Waals surface area contributed by atoms with Gasteiger partial charge in [-0.05, 0) is 62.4 Å². The van der Waals surface area contributed by atoms with E-state index >= 15 is 0 Å². The Hall–Kier alpha value is -3.60. The van der Waals surface area contributed by atoms with E-state index in [-0.39, 0.29) is 24.3 Å². The van der Waals surface area contributed by atoms with E-state index in [2.05, 4.69) is 59.6 Å². The molecule has 1 N–H and O–H groups in total. The molecule has 0 aromatic heterocycles. The summed E-state index contributed by atoms with van der Waals surface area (Å²) >= 11 is 0. The number of nitrogens with zero attached hydrogens (tertiary/aromatic N) is 1. The molecule has 5 nitrogen and oxygen atoms in total. The highest BCUT2D eigenvalue weighted by Crippen LogP contribution is 2.32. The first-order chi connectivity index (χ1) is 17.0. The molecule has 5 heteroatoms. The zero-order chi connectivity index (χ0) is 24.6. The Morgan fingerprint density at radius 3 is 2.29 bits per heavy atom. The van der Waals surface area contributed by atoms with Crippen molar-refractivity contribution in [1.29, 1.82) is 0 Å². The lowest BCUT2D eigenvalue weighted by atomic mass is 9.94. The lowest BCUT2D eigenvalue weighted by Crippen LogP contribution is -2.34. The van der Waals surface area contributed by atoms with E-state index in [1.165, 1.54) is 30.5 Å². The Labute approximate surface area is 208 Å². The molecule has 0 bridgehead atoms. The lowest BCUT2D eigenvalue weighted by Gasteiger charge is -2.33. The van der Waals surface area contributed by atoms with E-state index in [1.54, 1.807) is 19.1 Å². The molecular formula is C30H34N2O3. The van der Waals surface area contributed by atoms with Crippen molar-refractivity contribution in [1.82, 2.24) is 5.32 Å². The van der Waals surface area contributed by atoms with Crippen LogP contribution in [0.1, 0.15) is 64.8 Å². The van der Waals surface area contributed by atoms with E-state index in [1.807, 2.05) is 18.2 Å². The van der Waals surface area contributed by atoms with Crippen LogP contribution in [-0.2, 0) is 16.0 Å². The van der Waals surface area contributed by atoms with Crippen LogP contribution in [0.15, 0.2) is 72.8 Å². The number of esters is 1. The summed E-state index contributed by atoms with van der Waals surface area (Å²) in [5.74, 6) is -0.412. The second-order valence-electron chi connectivity index (χ2n) is 9.11. The van der Waals surface area contributed by atoms with Crippen LogP contribution in [0.2, 0.25) is 0 Å². The maximum absolute atomic E-state index is 13.2. The van der Waals surface area contributed by atoms with E-state index in [9.17, 15) is 9.59 Å². The van der Waals surface area contributed by atoms with E-state index in [0.717, 1.165) is 29.8 Å². The van der Waals surface area contributed by atoms with Gasteiger partial charge in [-0.3, -0.25) is 4.79 Å². The molecule has 1 amide bonds. The van der Waals surface area contributed by atoms with Crippen molar-refractivity contribution in [2.24, 2.45) is 0 Å². The number of hydrogen-bond acceptors (Lipinski definition) is 4. The Morgan fingerprint density at radius 2 is 1.60 bits per heavy atom. The predicted octanol–water partition coefficient (Wildman–Crippen LogP) is 5.61. The van der Waals surface area contributed by atoms with E-state index in [0.29, 0.717) is 12.2 Å². The molecule has 3 aromatic rings. The lowest BCUT2D eigenvalue weighted by molar-refractivity contribution is -0.120. The molecule has 0 aliphatic carbocycles. The topological polar surface area (TPSA) is 58.6 Å². The first kappa shape index (κ1) is 24.5. The number of nitrogens with one attached hydrogen (secondary N) is 1. The summed E-state index contributed by atoms with van der Waals surface area (Å²) < 4.78 is 5.05. The van der Waals surface area contributed by atoms with Gasteiger partial charge in [-0.15, -0.1) is 0 Å². The fourth-order valence-electron chi connectivity index (χ4n) is 4.62. The van der Waals surface area contributed by atoms with Crippen LogP contribution in [0.3, 0.4) is 0 Å². The molecule has 35 heavy (non-hydrogen) atoms. The summed E-state index contributed by atoms with van der Waals surface area (Å²) in [6.07, 6.45) is 3.89. The number of carbonyl (C=O) groups is 2. The molecule has 182 valence electrons. The Balaban J connectivity index is 1.57. The Morgan fingerprint density at radius 1 is 0.914 bits per heavy atom. The highest BCUT2D eigenvalue weighted by atomic mass is 16.5. The quantitative estimate of drug-likeness (QED) is 0.435. The van der Waals surface area contributed by atoms with Crippen LogP contribution in [-0.4, -0.2) is 31.6 Å². The van der Waals surface area contributed by atoms with E-state index in [4.69, 9.17) is 4.74 Å². The zero-order valence-electron chi connectivity index (χ0n) is 20.6. The highest BCUT2D eigenvalue weighted by molar-refractivity contribution is 5.89. The molecule has 1 heterocycles. The zero-order valence-corrected chi connectivity index (χ0v) is 20.6. The van der Waals surface area contributed by atoms with Gasteiger partial charge in [-0.25, -0.2) is 4.79 Å². The molecule has 1 saturated heterocycles. The van der Waals surface area contributed by atoms with Gasteiger partial charge in [-0.2, -0.15) is 0 Å². The number of piperidine rings is 1. The number of anilines is 1. The fraction of sp³-hybridized carbons (Fsp3) is 0.333. The van der Waals surface area contributed by atoms with Gasteiger partial charge in [0.05, 0.1) is 24.6 Å². The molecule has 4 rings (SSSR count). The third kappa shape index (κ3) is 6.30. The van der Waals surface area contributed by atoms with Gasteiger partial charge in [-0.1, -0.05) is 60.2 Å². The summed E-state index contributed by atoms with van der Waals surface area (Å²) in [6, 6.07) is 23.6. The van der Waals surface area contributed by atoms with E-state index < -0.39 is 0 Å². The molecule has 0 spiro atoms. The minimum absolute atomic E-state index is 0.0621. The summed E-state index contributed by atoms with van der Waals surface area (Å²) in [5, 5.41) is 3.30. The van der Waals surface area contributed by atoms with Crippen molar-refractivity contribution in [3.8, 4) is 0 Å². The Kier molecular flexibility index (Phi) is 8.19. The molecule has 1 aliphatic rings. The number of benzene rings is 3. The van der Waals surface area contributed by atoms with Crippen molar-refractivity contribution >= 4 is 17.6 Å². The summed E-state index contributed by atoms with van der Waals surface area (Å²) in [5.41, 5.74) is 5.89. The van der Waals surface area contributed by atoms with Gasteiger partial charge in [0.2, 0.25) is 5.91 Å². The Bertz CT molecular complexity index is 1130. The third-order valence-electron chi connectivity index (χ3n) is 6.49. The number of carbonyl (C=O) groups excluding carboxylic acids is 2. The molecule has 1 unspecified atom stereocenters. The third-order valence-corrected chi connectivity index (χ3v) is 6.49. The number of ether oxygens (including phenoxy) is 1. The predicted molar refractivity (Wildman–Crippen MR) is 140 cm³/mol. The van der Waals surface area contributed by atoms with Crippen molar-refractivity contribution in [3.05, 3.63) is 101 Å². The number of hydrogen-bond donors (Lipinski definition) is 1. The van der Waals surface area contributed by atoms with Gasteiger partial charge >= 0.3 is 5.97 Å². The van der Waals surface area contributed by atoms with Crippen LogP contribution in [0.4, 0.5) is 5.69 Å². The normalized spacial score (nSPS) is 14.3. The smallest absolute Gasteiger partial charge is 0.338 e. The van der Waals surface area contributed by atoms with Crippen LogP contribution < -0.4 is 10.2 Å². The maximum Gasteiger partial charge on any atom is 0.338 e. The molecule has 1 fully saturated rings. The second-order valence-corrected chi connectivity index (χ2v) is 9.11. The molecule has 1 atom stereocenters. The maximum atomic E-state index is 13.2. The van der Waals surface area contributed by atoms with Crippen molar-refractivity contribution in [2.75, 3.05) is 24.6 Å². The number of aryl methyl sites for hydroxylation is 1. The monoisotopic (exact) mass is 470 g/mol. The first-order valence-corrected chi connectivity index (χ1v) is 12.5. The van der Waals surface area contributed by atoms with Crippen LogP contribution in [0.5, 0.6) is 0 Å². The number of rotatable bonds is 8. The van der Waals surface area contributed by atoms with Crippen LogP contribution in [0, 0.1) is 6.92 Å². The largest absolute Gasteiger partial charge is 0.462 e. The van der Waals surface area contributed by atoms with Gasteiger partial charge in [0.25, 0.3) is 0 Å². The van der Waals surface area contributed by atoms with Crippen molar-refractivity contribution in [3.63, 3.8) is 0 Å². The summed E-state index contributed by atoms with van der Waals surface area (Å²) in [7, 11) is 0. The van der Waals surface area contributed by atoms with Gasteiger partial charge in [0.15, 0.2) is 0 Å². The molecule has 0 radical (unpaired) electrons. The molecule has 3 aromatic carbocycles. The van der Waals surface area contributed by atoms with Crippen molar-refractivity contribution in [2.45, 2.75) is 45.6 Å². The van der Waals surface area contributed by atoms with Crippen LogP contribution in [0.25, 0.3) is 0 Å². The van der Waals surface area contributed by atoms with Gasteiger partial charge in [0.1, 0.15) is 0 Å². The highest BCUT2D eigenvalue weighted by Gasteiger charge is 2.23. The fourth-order valence-corrected chi connectivity index (χ4v) is 4.62. The minimum Gasteiger partial charge on any atom is -0.462 e. The minimum atomic E-state index is -0.350. The SMILES string of the molecule is CCOC(=O)c1ccc(CC(=O)NC(c2ccc(C)cc2)c2ccccc2N2CCCCC2)cc1. The second kappa shape index (κ2) is 11.7. The number of amides is 1. The summed E-state index contributed by atoms with van der Waals surface area (Å²) in [6.45, 7) is 6.27. The molecule has 1 aliphatic heterocycles. The molecular weight excluding hydrogens is 436 g/mol. The number of para-hydroxylation sites is 1. The molecule has 0 saturated carbocycles. The van der Waals surface area contributed by atoms with Crippen molar-refractivity contribution < 1.29 is 14.3 Å². The average molecular weight is 471 g/mol. The summed E-state index contributed by atoms with van der Waals surface area (Å²) in [4.78, 5) is 27.6. The van der Waals surface area contributed by atoms with Gasteiger partial charge < -0.3 is 15.0 Å². The van der Waals surface area contributed by atoms with Gasteiger partial charge in [0, 0.05) is 24.3 Å². The standard InChI is InChI=1S/C30H34N2O3/c1-3-35-30(34)25-17-13-23(14-18-25)21-28(33)31-29(24-15-11-22(2)12-16-24)26-9-5-6-10-27(26)32-19-7-4-8-20-32/h5-6,9-18,29H,3-4,7-8,19-21H2,1-2H3,(H,31,33).